The van der Waals surface area contributed by atoms with Crippen LogP contribution in [0.4, 0.5) is 10.6 Å². The zero-order chi connectivity index (χ0) is 18.8. The van der Waals surface area contributed by atoms with Crippen LogP contribution in [0.3, 0.4) is 0 Å². The Hall–Kier alpha value is -2.90. The first-order valence-electron chi connectivity index (χ1n) is 9.36. The van der Waals surface area contributed by atoms with E-state index in [0.717, 1.165) is 29.8 Å². The predicted octanol–water partition coefficient (Wildman–Crippen LogP) is 1.08. The monoisotopic (exact) mass is 368 g/mol. The van der Waals surface area contributed by atoms with E-state index in [0.29, 0.717) is 32.5 Å². The highest BCUT2D eigenvalue weighted by atomic mass is 16.2. The summed E-state index contributed by atoms with van der Waals surface area (Å²) in [5.74, 6) is 1.07. The number of anilines is 1. The summed E-state index contributed by atoms with van der Waals surface area (Å²) in [6.07, 6.45) is 2.80. The summed E-state index contributed by atoms with van der Waals surface area (Å²) in [5.41, 5.74) is 0.929. The van der Waals surface area contributed by atoms with Gasteiger partial charge in [-0.1, -0.05) is 12.1 Å². The smallest absolute Gasteiger partial charge is 0.317 e. The van der Waals surface area contributed by atoms with Gasteiger partial charge in [0.25, 0.3) is 0 Å². The maximum Gasteiger partial charge on any atom is 0.317 e. The Bertz CT molecular complexity index is 844. The lowest BCUT2D eigenvalue weighted by molar-refractivity contribution is -0.132. The van der Waals surface area contributed by atoms with E-state index in [1.165, 1.54) is 0 Å². The second kappa shape index (κ2) is 7.38. The molecule has 8 nitrogen and oxygen atoms in total. The molecule has 4 rings (SSSR count). The molecule has 2 aliphatic heterocycles. The molecule has 142 valence electrons. The van der Waals surface area contributed by atoms with Crippen molar-refractivity contribution in [3.8, 4) is 0 Å². The third kappa shape index (κ3) is 3.65. The number of piperidine rings is 1. The number of carbonyl (C=O) groups is 2. The number of hydrogen-bond acceptors (Lipinski definition) is 5. The van der Waals surface area contributed by atoms with Crippen LogP contribution in [0, 0.1) is 0 Å². The quantitative estimate of drug-likeness (QED) is 0.858. The summed E-state index contributed by atoms with van der Waals surface area (Å²) < 4.78 is 0. The Balaban J connectivity index is 1.36. The van der Waals surface area contributed by atoms with Crippen LogP contribution in [0.5, 0.6) is 0 Å². The van der Waals surface area contributed by atoms with Crippen molar-refractivity contribution in [2.45, 2.75) is 18.9 Å². The minimum absolute atomic E-state index is 0.0315. The van der Waals surface area contributed by atoms with Gasteiger partial charge in [0, 0.05) is 57.6 Å². The molecule has 3 amide bonds. The van der Waals surface area contributed by atoms with Crippen molar-refractivity contribution in [2.75, 3.05) is 44.7 Å². The zero-order valence-corrected chi connectivity index (χ0v) is 15.5. The molecule has 2 fully saturated rings. The largest absolute Gasteiger partial charge is 0.352 e. The molecule has 1 N–H and O–H groups in total. The number of hydrogen-bond donors (Lipinski definition) is 1. The summed E-state index contributed by atoms with van der Waals surface area (Å²) in [5, 5.41) is 4.11. The first kappa shape index (κ1) is 17.5. The van der Waals surface area contributed by atoms with Crippen LogP contribution in [0.15, 0.2) is 30.6 Å². The number of fused-ring (bicyclic) bond motifs is 1. The highest BCUT2D eigenvalue weighted by molar-refractivity contribution is 5.89. The van der Waals surface area contributed by atoms with Crippen LogP contribution in [0.1, 0.15) is 12.8 Å². The van der Waals surface area contributed by atoms with Gasteiger partial charge in [0.2, 0.25) is 5.91 Å². The number of nitrogens with one attached hydrogen (secondary N) is 1. The lowest BCUT2D eigenvalue weighted by atomic mass is 10.1. The maximum absolute atomic E-state index is 12.6. The molecular formula is C19H24N6O2. The van der Waals surface area contributed by atoms with Gasteiger partial charge in [0.05, 0.1) is 5.52 Å². The summed E-state index contributed by atoms with van der Waals surface area (Å²) >= 11 is 0. The van der Waals surface area contributed by atoms with Crippen molar-refractivity contribution >= 4 is 28.7 Å². The molecule has 2 aromatic rings. The average Bonchev–Trinajstić information content (AvgIpc) is 2.70. The molecule has 1 aromatic heterocycles. The van der Waals surface area contributed by atoms with Gasteiger partial charge in [0.15, 0.2) is 0 Å². The minimum atomic E-state index is -0.0463. The molecule has 2 saturated heterocycles. The van der Waals surface area contributed by atoms with Crippen molar-refractivity contribution in [3.05, 3.63) is 30.6 Å². The summed E-state index contributed by atoms with van der Waals surface area (Å²) in [7, 11) is 1.78. The molecule has 0 unspecified atom stereocenters. The van der Waals surface area contributed by atoms with Crippen LogP contribution in [-0.2, 0) is 4.79 Å². The topological polar surface area (TPSA) is 81.7 Å². The predicted molar refractivity (Wildman–Crippen MR) is 103 cm³/mol. The molecule has 0 spiro atoms. The number of rotatable bonds is 2. The number of nitrogens with zero attached hydrogens (tertiary/aromatic N) is 5. The second-order valence-corrected chi connectivity index (χ2v) is 7.15. The Morgan fingerprint density at radius 2 is 1.93 bits per heavy atom. The Morgan fingerprint density at radius 3 is 2.70 bits per heavy atom. The normalized spacial score (nSPS) is 20.9. The standard InChI is InChI=1S/C19H24N6O2/c1-23-12-14(6-7-17(23)26)22-19(27)25-10-8-24(9-11-25)18-15-4-2-3-5-16(15)20-13-21-18/h2-5,13-14H,6-12H2,1H3,(H,22,27)/t14-/m0/s1. The zero-order valence-electron chi connectivity index (χ0n) is 15.5. The van der Waals surface area contributed by atoms with E-state index in [9.17, 15) is 9.59 Å². The van der Waals surface area contributed by atoms with Crippen molar-refractivity contribution in [1.82, 2.24) is 25.1 Å². The third-order valence-corrected chi connectivity index (χ3v) is 5.34. The van der Waals surface area contributed by atoms with Gasteiger partial charge >= 0.3 is 6.03 Å². The Morgan fingerprint density at radius 1 is 1.15 bits per heavy atom. The van der Waals surface area contributed by atoms with Crippen molar-refractivity contribution in [2.24, 2.45) is 0 Å². The Kier molecular flexibility index (Phi) is 4.79. The molecule has 0 bridgehead atoms. The molecule has 0 aliphatic carbocycles. The van der Waals surface area contributed by atoms with E-state index in [1.54, 1.807) is 18.3 Å². The number of piperazine rings is 1. The van der Waals surface area contributed by atoms with E-state index in [-0.39, 0.29) is 18.0 Å². The molecule has 0 radical (unpaired) electrons. The third-order valence-electron chi connectivity index (χ3n) is 5.34. The number of likely N-dealkylation sites (tertiary alicyclic amines) is 1. The molecule has 2 aliphatic rings. The van der Waals surface area contributed by atoms with Gasteiger partial charge < -0.3 is 20.0 Å². The molecule has 3 heterocycles. The van der Waals surface area contributed by atoms with Gasteiger partial charge in [-0.05, 0) is 18.6 Å². The minimum Gasteiger partial charge on any atom is -0.352 e. The number of amides is 3. The molecule has 8 heteroatoms. The summed E-state index contributed by atoms with van der Waals surface area (Å²) in [4.78, 5) is 38.7. The lowest BCUT2D eigenvalue weighted by Gasteiger charge is -2.37. The number of carbonyl (C=O) groups excluding carboxylic acids is 2. The second-order valence-electron chi connectivity index (χ2n) is 7.15. The van der Waals surface area contributed by atoms with E-state index in [1.807, 2.05) is 29.2 Å². The summed E-state index contributed by atoms with van der Waals surface area (Å²) in [6.45, 7) is 3.34. The summed E-state index contributed by atoms with van der Waals surface area (Å²) in [6, 6.07) is 7.96. The van der Waals surface area contributed by atoms with Crippen LogP contribution in [0.25, 0.3) is 10.9 Å². The Labute approximate surface area is 158 Å². The SMILES string of the molecule is CN1C[C@@H](NC(=O)N2CCN(c3ncnc4ccccc34)CC2)CCC1=O. The fourth-order valence-electron chi connectivity index (χ4n) is 3.76. The number of likely N-dealkylation sites (N-methyl/N-ethyl adjacent to an activating group) is 1. The van der Waals surface area contributed by atoms with Crippen molar-refractivity contribution in [3.63, 3.8) is 0 Å². The van der Waals surface area contributed by atoms with Crippen LogP contribution < -0.4 is 10.2 Å². The van der Waals surface area contributed by atoms with Gasteiger partial charge in [-0.25, -0.2) is 14.8 Å². The van der Waals surface area contributed by atoms with Crippen LogP contribution >= 0.6 is 0 Å². The van der Waals surface area contributed by atoms with E-state index < -0.39 is 0 Å². The maximum atomic E-state index is 12.6. The first-order valence-corrected chi connectivity index (χ1v) is 9.36. The van der Waals surface area contributed by atoms with E-state index in [4.69, 9.17) is 0 Å². The van der Waals surface area contributed by atoms with E-state index >= 15 is 0 Å². The van der Waals surface area contributed by atoms with Crippen molar-refractivity contribution < 1.29 is 9.59 Å². The van der Waals surface area contributed by atoms with Gasteiger partial charge in [-0.3, -0.25) is 4.79 Å². The fraction of sp³-hybridized carbons (Fsp3) is 0.474. The number of para-hydroxylation sites is 1. The number of urea groups is 1. The van der Waals surface area contributed by atoms with Gasteiger partial charge in [-0.15, -0.1) is 0 Å². The van der Waals surface area contributed by atoms with Crippen molar-refractivity contribution in [1.29, 1.82) is 0 Å². The number of benzene rings is 1. The fourth-order valence-corrected chi connectivity index (χ4v) is 3.76. The molecule has 1 atom stereocenters. The molecule has 0 saturated carbocycles. The molecule has 1 aromatic carbocycles. The van der Waals surface area contributed by atoms with Gasteiger partial charge in [0.1, 0.15) is 12.1 Å². The first-order chi connectivity index (χ1) is 13.1. The van der Waals surface area contributed by atoms with Crippen LogP contribution in [-0.4, -0.2) is 77.5 Å². The molecular weight excluding hydrogens is 344 g/mol. The molecule has 27 heavy (non-hydrogen) atoms. The lowest BCUT2D eigenvalue weighted by Crippen LogP contribution is -2.56. The van der Waals surface area contributed by atoms with Crippen LogP contribution in [0.2, 0.25) is 0 Å². The highest BCUT2D eigenvalue weighted by Crippen LogP contribution is 2.23. The number of aromatic nitrogens is 2. The van der Waals surface area contributed by atoms with E-state index in [2.05, 4.69) is 20.2 Å². The average molecular weight is 368 g/mol. The van der Waals surface area contributed by atoms with Gasteiger partial charge in [-0.2, -0.15) is 0 Å². The highest BCUT2D eigenvalue weighted by Gasteiger charge is 2.28.